The van der Waals surface area contributed by atoms with E-state index in [0.29, 0.717) is 0 Å². The largest absolute Gasteiger partial charge is 0.396 e. The summed E-state index contributed by atoms with van der Waals surface area (Å²) in [5, 5.41) is 18.5. The van der Waals surface area contributed by atoms with E-state index in [2.05, 4.69) is 0 Å². The molecule has 0 spiro atoms. The van der Waals surface area contributed by atoms with Gasteiger partial charge in [-0.2, -0.15) is 0 Å². The Labute approximate surface area is 95.3 Å². The summed E-state index contributed by atoms with van der Waals surface area (Å²) in [7, 11) is 0. The Morgan fingerprint density at radius 3 is 2.53 bits per heavy atom. The monoisotopic (exact) mass is 226 g/mol. The summed E-state index contributed by atoms with van der Waals surface area (Å²) in [5.74, 6) is 1.16. The molecule has 0 bridgehead atoms. The minimum absolute atomic E-state index is 0.212. The maximum absolute atomic E-state index is 9.56. The van der Waals surface area contributed by atoms with E-state index in [9.17, 15) is 5.11 Å². The van der Waals surface area contributed by atoms with Gasteiger partial charge < -0.3 is 10.2 Å². The van der Waals surface area contributed by atoms with Crippen LogP contribution >= 0.6 is 11.8 Å². The quantitative estimate of drug-likeness (QED) is 0.758. The normalized spacial score (nSPS) is 14.9. The van der Waals surface area contributed by atoms with Gasteiger partial charge in [0.2, 0.25) is 0 Å². The first-order chi connectivity index (χ1) is 7.15. The van der Waals surface area contributed by atoms with Crippen LogP contribution in [0.4, 0.5) is 0 Å². The van der Waals surface area contributed by atoms with Crippen LogP contribution in [0.15, 0.2) is 29.2 Å². The number of rotatable bonds is 5. The molecule has 0 radical (unpaired) electrons. The fraction of sp³-hybridized carbons (Fsp3) is 0.500. The summed E-state index contributed by atoms with van der Waals surface area (Å²) in [6, 6.07) is 7.85. The van der Waals surface area contributed by atoms with E-state index in [1.54, 1.807) is 18.7 Å². The highest BCUT2D eigenvalue weighted by Crippen LogP contribution is 2.28. The zero-order valence-corrected chi connectivity index (χ0v) is 10.00. The van der Waals surface area contributed by atoms with Crippen molar-refractivity contribution in [2.75, 3.05) is 12.4 Å². The highest BCUT2D eigenvalue weighted by molar-refractivity contribution is 7.99. The SMILES string of the molecule is CC(CO)CSc1ccccc1C(C)O. The Balaban J connectivity index is 2.67. The molecule has 15 heavy (non-hydrogen) atoms. The standard InChI is InChI=1S/C12H18O2S/c1-9(7-13)8-15-12-6-4-3-5-11(12)10(2)14/h3-6,9-10,13-14H,7-8H2,1-2H3. The molecule has 3 heteroatoms. The van der Waals surface area contributed by atoms with Gasteiger partial charge in [0.15, 0.2) is 0 Å². The third-order valence-corrected chi connectivity index (χ3v) is 3.62. The molecular formula is C12H18O2S. The second-order valence-electron chi connectivity index (χ2n) is 3.81. The molecule has 84 valence electrons. The lowest BCUT2D eigenvalue weighted by molar-refractivity contribution is 0.196. The van der Waals surface area contributed by atoms with Gasteiger partial charge in [0.1, 0.15) is 0 Å². The van der Waals surface area contributed by atoms with Gasteiger partial charge >= 0.3 is 0 Å². The smallest absolute Gasteiger partial charge is 0.0772 e. The molecule has 0 saturated carbocycles. The van der Waals surface area contributed by atoms with Gasteiger partial charge in [0.05, 0.1) is 6.10 Å². The van der Waals surface area contributed by atoms with Crippen molar-refractivity contribution >= 4 is 11.8 Å². The van der Waals surface area contributed by atoms with Crippen LogP contribution in [0.3, 0.4) is 0 Å². The molecule has 0 aromatic heterocycles. The van der Waals surface area contributed by atoms with Crippen LogP contribution in [0.5, 0.6) is 0 Å². The first kappa shape index (κ1) is 12.6. The van der Waals surface area contributed by atoms with Gasteiger partial charge in [-0.25, -0.2) is 0 Å². The molecular weight excluding hydrogens is 208 g/mol. The molecule has 2 nitrogen and oxygen atoms in total. The molecule has 2 unspecified atom stereocenters. The maximum atomic E-state index is 9.56. The Hall–Kier alpha value is -0.510. The Morgan fingerprint density at radius 2 is 1.93 bits per heavy atom. The molecule has 1 aromatic rings. The average molecular weight is 226 g/mol. The van der Waals surface area contributed by atoms with Crippen LogP contribution in [-0.4, -0.2) is 22.6 Å². The summed E-state index contributed by atoms with van der Waals surface area (Å²) >= 11 is 1.69. The number of thioether (sulfide) groups is 1. The van der Waals surface area contributed by atoms with Gasteiger partial charge in [0, 0.05) is 17.3 Å². The highest BCUT2D eigenvalue weighted by atomic mass is 32.2. The number of hydrogen-bond acceptors (Lipinski definition) is 3. The molecule has 0 aliphatic rings. The lowest BCUT2D eigenvalue weighted by Gasteiger charge is -2.13. The zero-order chi connectivity index (χ0) is 11.3. The lowest BCUT2D eigenvalue weighted by atomic mass is 10.1. The van der Waals surface area contributed by atoms with Crippen molar-refractivity contribution in [3.05, 3.63) is 29.8 Å². The van der Waals surface area contributed by atoms with Gasteiger partial charge in [-0.05, 0) is 24.5 Å². The molecule has 0 aliphatic carbocycles. The van der Waals surface area contributed by atoms with Crippen molar-refractivity contribution in [3.63, 3.8) is 0 Å². The van der Waals surface area contributed by atoms with Crippen LogP contribution in [0.1, 0.15) is 25.5 Å². The van der Waals surface area contributed by atoms with Crippen molar-refractivity contribution in [2.45, 2.75) is 24.8 Å². The van der Waals surface area contributed by atoms with E-state index < -0.39 is 6.10 Å². The third kappa shape index (κ3) is 3.86. The fourth-order valence-electron chi connectivity index (χ4n) is 1.24. The summed E-state index contributed by atoms with van der Waals surface area (Å²) < 4.78 is 0. The molecule has 0 saturated heterocycles. The van der Waals surface area contributed by atoms with Crippen LogP contribution in [-0.2, 0) is 0 Å². The molecule has 2 atom stereocenters. The summed E-state index contributed by atoms with van der Waals surface area (Å²) in [5.41, 5.74) is 0.965. The molecule has 0 aliphatic heterocycles. The second-order valence-corrected chi connectivity index (χ2v) is 4.87. The topological polar surface area (TPSA) is 40.5 Å². The lowest BCUT2D eigenvalue weighted by Crippen LogP contribution is -2.04. The van der Waals surface area contributed by atoms with Gasteiger partial charge in [-0.15, -0.1) is 11.8 Å². The molecule has 0 fully saturated rings. The summed E-state index contributed by atoms with van der Waals surface area (Å²) in [6.07, 6.45) is -0.432. The highest BCUT2D eigenvalue weighted by Gasteiger charge is 2.08. The predicted molar refractivity (Wildman–Crippen MR) is 64.0 cm³/mol. The molecule has 1 aromatic carbocycles. The van der Waals surface area contributed by atoms with Gasteiger partial charge in [-0.3, -0.25) is 0 Å². The Bertz CT molecular complexity index is 299. The maximum Gasteiger partial charge on any atom is 0.0772 e. The van der Waals surface area contributed by atoms with Crippen molar-refractivity contribution < 1.29 is 10.2 Å². The van der Waals surface area contributed by atoms with Crippen molar-refractivity contribution in [2.24, 2.45) is 5.92 Å². The van der Waals surface area contributed by atoms with E-state index in [0.717, 1.165) is 16.2 Å². The van der Waals surface area contributed by atoms with Crippen LogP contribution in [0, 0.1) is 5.92 Å². The number of aliphatic hydroxyl groups excluding tert-OH is 2. The summed E-state index contributed by atoms with van der Waals surface area (Å²) in [6.45, 7) is 4.00. The minimum atomic E-state index is -0.432. The van der Waals surface area contributed by atoms with E-state index in [-0.39, 0.29) is 12.5 Å². The van der Waals surface area contributed by atoms with Crippen molar-refractivity contribution in [3.8, 4) is 0 Å². The zero-order valence-electron chi connectivity index (χ0n) is 9.18. The number of aliphatic hydroxyl groups is 2. The first-order valence-electron chi connectivity index (χ1n) is 5.15. The fourth-order valence-corrected chi connectivity index (χ4v) is 2.39. The first-order valence-corrected chi connectivity index (χ1v) is 6.14. The van der Waals surface area contributed by atoms with Crippen LogP contribution in [0.25, 0.3) is 0 Å². The van der Waals surface area contributed by atoms with E-state index in [1.165, 1.54) is 0 Å². The van der Waals surface area contributed by atoms with Gasteiger partial charge in [-0.1, -0.05) is 25.1 Å². The van der Waals surface area contributed by atoms with Crippen molar-refractivity contribution in [1.82, 2.24) is 0 Å². The van der Waals surface area contributed by atoms with Crippen LogP contribution < -0.4 is 0 Å². The number of hydrogen-bond donors (Lipinski definition) is 2. The Kier molecular flexibility index (Phi) is 5.15. The predicted octanol–water partition coefficient (Wildman–Crippen LogP) is 2.46. The molecule has 2 N–H and O–H groups in total. The number of benzene rings is 1. The molecule has 0 heterocycles. The van der Waals surface area contributed by atoms with E-state index >= 15 is 0 Å². The molecule has 0 amide bonds. The van der Waals surface area contributed by atoms with E-state index in [1.807, 2.05) is 31.2 Å². The van der Waals surface area contributed by atoms with E-state index in [4.69, 9.17) is 5.11 Å². The third-order valence-electron chi connectivity index (χ3n) is 2.20. The summed E-state index contributed by atoms with van der Waals surface area (Å²) in [4.78, 5) is 1.10. The van der Waals surface area contributed by atoms with Crippen LogP contribution in [0.2, 0.25) is 0 Å². The Morgan fingerprint density at radius 1 is 1.27 bits per heavy atom. The average Bonchev–Trinajstić information content (AvgIpc) is 2.26. The van der Waals surface area contributed by atoms with Crippen molar-refractivity contribution in [1.29, 1.82) is 0 Å². The second kappa shape index (κ2) is 6.16. The minimum Gasteiger partial charge on any atom is -0.396 e. The van der Waals surface area contributed by atoms with Gasteiger partial charge in [0.25, 0.3) is 0 Å². The molecule has 1 rings (SSSR count).